The summed E-state index contributed by atoms with van der Waals surface area (Å²) >= 11 is 3.46. The monoisotopic (exact) mass is 268 g/mol. The first-order valence-electron chi connectivity index (χ1n) is 5.60. The molecule has 0 heterocycles. The summed E-state index contributed by atoms with van der Waals surface area (Å²) in [5, 5.41) is 0. The minimum absolute atomic E-state index is 0.115. The van der Waals surface area contributed by atoms with Crippen molar-refractivity contribution in [3.8, 4) is 0 Å². The molecule has 0 aromatic carbocycles. The zero-order chi connectivity index (χ0) is 11.1. The second-order valence-electron chi connectivity index (χ2n) is 4.92. The smallest absolute Gasteiger partial charge is 0.156 e. The normalized spacial score (nSPS) is 37.7. The molecule has 0 aliphatic heterocycles. The molecular weight excluding hydrogens is 252 g/mol. The number of carbonyl (C=O) groups is 1. The van der Waals surface area contributed by atoms with E-state index in [1.165, 1.54) is 18.4 Å². The maximum Gasteiger partial charge on any atom is 0.156 e. The molecule has 0 N–H and O–H groups in total. The van der Waals surface area contributed by atoms with Crippen LogP contribution < -0.4 is 0 Å². The number of ketones is 1. The Labute approximate surface area is 99.8 Å². The van der Waals surface area contributed by atoms with Gasteiger partial charge in [-0.25, -0.2) is 0 Å². The van der Waals surface area contributed by atoms with E-state index in [1.807, 2.05) is 0 Å². The average Bonchev–Trinajstić information content (AvgIpc) is 2.54. The van der Waals surface area contributed by atoms with Gasteiger partial charge in [-0.05, 0) is 49.1 Å². The highest BCUT2D eigenvalue weighted by atomic mass is 79.9. The lowest BCUT2D eigenvalue weighted by Crippen LogP contribution is -2.32. The van der Waals surface area contributed by atoms with Crippen LogP contribution in [0.1, 0.15) is 39.5 Å². The van der Waals surface area contributed by atoms with E-state index in [1.54, 1.807) is 6.92 Å². The fraction of sp³-hybridized carbons (Fsp3) is 0.615. The van der Waals surface area contributed by atoms with Crippen molar-refractivity contribution in [2.75, 3.05) is 0 Å². The fourth-order valence-electron chi connectivity index (χ4n) is 3.30. The van der Waals surface area contributed by atoms with Gasteiger partial charge in [0.25, 0.3) is 0 Å². The molecule has 0 aromatic rings. The van der Waals surface area contributed by atoms with Crippen LogP contribution in [0.25, 0.3) is 0 Å². The number of hydrogen-bond acceptors (Lipinski definition) is 1. The van der Waals surface area contributed by atoms with Crippen LogP contribution in [0, 0.1) is 11.3 Å². The molecule has 1 nitrogen and oxygen atoms in total. The maximum atomic E-state index is 11.6. The largest absolute Gasteiger partial charge is 0.295 e. The van der Waals surface area contributed by atoms with Gasteiger partial charge in [-0.1, -0.05) is 34.5 Å². The van der Waals surface area contributed by atoms with E-state index in [0.717, 1.165) is 18.4 Å². The van der Waals surface area contributed by atoms with Crippen molar-refractivity contribution >= 4 is 21.7 Å². The van der Waals surface area contributed by atoms with E-state index in [2.05, 4.69) is 33.9 Å². The molecule has 0 aromatic heterocycles. The van der Waals surface area contributed by atoms with E-state index in [4.69, 9.17) is 0 Å². The molecule has 1 saturated carbocycles. The highest BCUT2D eigenvalue weighted by molar-refractivity contribution is 9.11. The number of fused-ring (bicyclic) bond motifs is 1. The average molecular weight is 269 g/mol. The van der Waals surface area contributed by atoms with Crippen LogP contribution in [0.2, 0.25) is 0 Å². The lowest BCUT2D eigenvalue weighted by atomic mass is 9.64. The molecule has 2 aliphatic carbocycles. The molecule has 0 amide bonds. The molecule has 2 heteroatoms. The van der Waals surface area contributed by atoms with Gasteiger partial charge in [-0.3, -0.25) is 4.79 Å². The predicted octanol–water partition coefficient (Wildman–Crippen LogP) is 3.99. The van der Waals surface area contributed by atoms with Gasteiger partial charge in [-0.2, -0.15) is 0 Å². The van der Waals surface area contributed by atoms with Gasteiger partial charge in [0.2, 0.25) is 0 Å². The number of rotatable bonds is 1. The molecule has 0 spiro atoms. The third-order valence-corrected chi connectivity index (χ3v) is 4.66. The Kier molecular flexibility index (Phi) is 2.89. The first-order chi connectivity index (χ1) is 7.09. The molecule has 82 valence electrons. The Morgan fingerprint density at radius 3 is 3.00 bits per heavy atom. The Bertz CT molecular complexity index is 354. The van der Waals surface area contributed by atoms with Gasteiger partial charge < -0.3 is 0 Å². The lowest BCUT2D eigenvalue weighted by molar-refractivity contribution is -0.114. The van der Waals surface area contributed by atoms with Crippen molar-refractivity contribution in [1.82, 2.24) is 0 Å². The number of Topliss-reactive ketones (excluding diaryl/α,β-unsaturated/α-hetero) is 1. The molecule has 1 fully saturated rings. The van der Waals surface area contributed by atoms with Gasteiger partial charge in [-0.15, -0.1) is 0 Å². The van der Waals surface area contributed by atoms with Gasteiger partial charge in [0.15, 0.2) is 5.78 Å². The quantitative estimate of drug-likeness (QED) is 0.703. The maximum absolute atomic E-state index is 11.6. The Morgan fingerprint density at radius 1 is 1.67 bits per heavy atom. The second-order valence-corrected chi connectivity index (χ2v) is 5.38. The standard InChI is InChI=1S/C13H17BrO/c1-9(15)11-5-6-12-10(8-14)4-3-7-13(11,12)2/h5,8,12H,3-4,6-7H2,1-2H3/b10-8+/t12?,13-/m1/s1. The first-order valence-corrected chi connectivity index (χ1v) is 6.52. The summed E-state index contributed by atoms with van der Waals surface area (Å²) in [5.74, 6) is 0.820. The van der Waals surface area contributed by atoms with Gasteiger partial charge in [0, 0.05) is 5.41 Å². The van der Waals surface area contributed by atoms with Crippen LogP contribution in [0.5, 0.6) is 0 Å². The molecule has 0 radical (unpaired) electrons. The number of carbonyl (C=O) groups excluding carboxylic acids is 1. The Morgan fingerprint density at radius 2 is 2.40 bits per heavy atom. The highest BCUT2D eigenvalue weighted by Crippen LogP contribution is 2.54. The number of hydrogen-bond donors (Lipinski definition) is 0. The van der Waals surface area contributed by atoms with Crippen LogP contribution in [0.3, 0.4) is 0 Å². The van der Waals surface area contributed by atoms with E-state index >= 15 is 0 Å². The third-order valence-electron chi connectivity index (χ3n) is 4.07. The topological polar surface area (TPSA) is 17.1 Å². The van der Waals surface area contributed by atoms with Gasteiger partial charge in [0.05, 0.1) is 0 Å². The van der Waals surface area contributed by atoms with E-state index in [0.29, 0.717) is 5.92 Å². The van der Waals surface area contributed by atoms with Crippen LogP contribution >= 0.6 is 15.9 Å². The molecular formula is C13H17BrO. The van der Waals surface area contributed by atoms with Gasteiger partial charge >= 0.3 is 0 Å². The molecule has 2 atom stereocenters. The van der Waals surface area contributed by atoms with E-state index < -0.39 is 0 Å². The SMILES string of the molecule is CC(=O)C1=CCC2/C(=C/Br)CCC[C@]12C. The molecule has 2 rings (SSSR count). The Balaban J connectivity index is 2.36. The minimum atomic E-state index is 0.115. The summed E-state index contributed by atoms with van der Waals surface area (Å²) in [6, 6.07) is 0. The fourth-order valence-corrected chi connectivity index (χ4v) is 3.84. The summed E-state index contributed by atoms with van der Waals surface area (Å²) in [5.41, 5.74) is 2.67. The zero-order valence-electron chi connectivity index (χ0n) is 9.35. The molecule has 0 saturated heterocycles. The summed E-state index contributed by atoms with van der Waals surface area (Å²) in [6.07, 6.45) is 6.75. The van der Waals surface area contributed by atoms with E-state index in [-0.39, 0.29) is 11.2 Å². The highest BCUT2D eigenvalue weighted by Gasteiger charge is 2.45. The molecule has 15 heavy (non-hydrogen) atoms. The lowest BCUT2D eigenvalue weighted by Gasteiger charge is -2.40. The minimum Gasteiger partial charge on any atom is -0.295 e. The molecule has 0 bridgehead atoms. The number of halogens is 1. The Hall–Kier alpha value is -0.370. The first kappa shape index (κ1) is 11.1. The van der Waals surface area contributed by atoms with Crippen molar-refractivity contribution in [3.63, 3.8) is 0 Å². The van der Waals surface area contributed by atoms with Crippen molar-refractivity contribution in [2.45, 2.75) is 39.5 Å². The summed E-state index contributed by atoms with van der Waals surface area (Å²) in [7, 11) is 0. The van der Waals surface area contributed by atoms with Crippen molar-refractivity contribution in [1.29, 1.82) is 0 Å². The van der Waals surface area contributed by atoms with E-state index in [9.17, 15) is 4.79 Å². The predicted molar refractivity (Wildman–Crippen MR) is 65.8 cm³/mol. The van der Waals surface area contributed by atoms with Crippen LogP contribution in [0.4, 0.5) is 0 Å². The van der Waals surface area contributed by atoms with Crippen LogP contribution in [-0.2, 0) is 4.79 Å². The van der Waals surface area contributed by atoms with Crippen molar-refractivity contribution < 1.29 is 4.79 Å². The summed E-state index contributed by atoms with van der Waals surface area (Å²) in [4.78, 5) is 13.7. The van der Waals surface area contributed by atoms with Crippen LogP contribution in [-0.4, -0.2) is 5.78 Å². The molecule has 2 aliphatic rings. The molecule has 1 unspecified atom stereocenters. The van der Waals surface area contributed by atoms with Crippen molar-refractivity contribution in [3.05, 3.63) is 22.2 Å². The number of allylic oxidation sites excluding steroid dienone is 3. The summed E-state index contributed by atoms with van der Waals surface area (Å²) in [6.45, 7) is 3.96. The van der Waals surface area contributed by atoms with Crippen molar-refractivity contribution in [2.24, 2.45) is 11.3 Å². The second kappa shape index (κ2) is 3.89. The van der Waals surface area contributed by atoms with Gasteiger partial charge in [0.1, 0.15) is 0 Å². The van der Waals surface area contributed by atoms with Crippen LogP contribution in [0.15, 0.2) is 22.2 Å². The summed E-state index contributed by atoms with van der Waals surface area (Å²) < 4.78 is 0. The zero-order valence-corrected chi connectivity index (χ0v) is 10.9. The third kappa shape index (κ3) is 1.63.